The third-order valence-electron chi connectivity index (χ3n) is 4.54. The molecule has 0 spiro atoms. The van der Waals surface area contributed by atoms with Crippen LogP contribution in [-0.4, -0.2) is 26.6 Å². The highest BCUT2D eigenvalue weighted by molar-refractivity contribution is 6.31. The number of hydrogen-bond donors (Lipinski definition) is 1. The summed E-state index contributed by atoms with van der Waals surface area (Å²) in [7, 11) is 1.65. The van der Waals surface area contributed by atoms with Crippen LogP contribution in [0.2, 0.25) is 5.02 Å². The van der Waals surface area contributed by atoms with Gasteiger partial charge < -0.3 is 14.6 Å². The van der Waals surface area contributed by atoms with Crippen LogP contribution in [0.4, 0.5) is 11.6 Å². The van der Waals surface area contributed by atoms with E-state index in [9.17, 15) is 0 Å². The third kappa shape index (κ3) is 4.07. The second-order valence-electron chi connectivity index (χ2n) is 6.66. The van der Waals surface area contributed by atoms with Gasteiger partial charge in [0.25, 0.3) is 0 Å². The fraction of sp³-hybridized carbons (Fsp3) is 0.136. The molecule has 6 nitrogen and oxygen atoms in total. The molecule has 0 bridgehead atoms. The van der Waals surface area contributed by atoms with E-state index in [2.05, 4.69) is 20.3 Å². The fourth-order valence-corrected chi connectivity index (χ4v) is 3.15. The summed E-state index contributed by atoms with van der Waals surface area (Å²) in [6.45, 7) is 3.92. The summed E-state index contributed by atoms with van der Waals surface area (Å²) in [5.74, 6) is 1.22. The Labute approximate surface area is 174 Å². The molecule has 0 aliphatic carbocycles. The Morgan fingerprint density at radius 1 is 1.03 bits per heavy atom. The molecule has 0 saturated carbocycles. The lowest BCUT2D eigenvalue weighted by molar-refractivity contribution is 0.413. The highest BCUT2D eigenvalue weighted by Crippen LogP contribution is 2.29. The Morgan fingerprint density at radius 2 is 1.90 bits per heavy atom. The number of benzene rings is 2. The van der Waals surface area contributed by atoms with Crippen molar-refractivity contribution in [3.63, 3.8) is 0 Å². The van der Waals surface area contributed by atoms with Crippen molar-refractivity contribution in [2.45, 2.75) is 13.8 Å². The minimum Gasteiger partial charge on any atom is -0.494 e. The summed E-state index contributed by atoms with van der Waals surface area (Å²) in [6, 6.07) is 13.5. The monoisotopic (exact) mass is 405 g/mol. The first-order valence-corrected chi connectivity index (χ1v) is 9.47. The van der Waals surface area contributed by atoms with Gasteiger partial charge in [-0.15, -0.1) is 0 Å². The van der Waals surface area contributed by atoms with Gasteiger partial charge in [0.2, 0.25) is 5.95 Å². The quantitative estimate of drug-likeness (QED) is 0.484. The second kappa shape index (κ2) is 7.93. The van der Waals surface area contributed by atoms with Crippen LogP contribution in [0.25, 0.3) is 16.9 Å². The van der Waals surface area contributed by atoms with Gasteiger partial charge in [-0.25, -0.2) is 15.0 Å². The van der Waals surface area contributed by atoms with E-state index < -0.39 is 0 Å². The molecular formula is C22H20ClN5O. The molecule has 1 N–H and O–H groups in total. The highest BCUT2D eigenvalue weighted by Gasteiger charge is 2.09. The van der Waals surface area contributed by atoms with E-state index >= 15 is 0 Å². The van der Waals surface area contributed by atoms with Crippen LogP contribution >= 0.6 is 11.6 Å². The Kier molecular flexibility index (Phi) is 5.18. The molecule has 0 aliphatic heterocycles. The molecule has 2 heterocycles. The van der Waals surface area contributed by atoms with Gasteiger partial charge in [0, 0.05) is 34.7 Å². The van der Waals surface area contributed by atoms with Crippen molar-refractivity contribution < 1.29 is 4.74 Å². The number of methoxy groups -OCH3 is 1. The van der Waals surface area contributed by atoms with Crippen molar-refractivity contribution in [3.8, 4) is 22.7 Å². The number of ether oxygens (including phenoxy) is 1. The van der Waals surface area contributed by atoms with Crippen LogP contribution in [0.3, 0.4) is 0 Å². The van der Waals surface area contributed by atoms with Crippen LogP contribution < -0.4 is 10.1 Å². The molecule has 4 aromatic rings. The van der Waals surface area contributed by atoms with Crippen molar-refractivity contribution in [1.82, 2.24) is 19.5 Å². The summed E-state index contributed by atoms with van der Waals surface area (Å²) in [4.78, 5) is 13.2. The number of aromatic nitrogens is 4. The topological polar surface area (TPSA) is 64.9 Å². The third-order valence-corrected chi connectivity index (χ3v) is 4.96. The molecule has 0 atom stereocenters. The first-order chi connectivity index (χ1) is 14.0. The minimum absolute atomic E-state index is 0.503. The number of hydrogen-bond acceptors (Lipinski definition) is 5. The lowest BCUT2D eigenvalue weighted by Gasteiger charge is -2.12. The van der Waals surface area contributed by atoms with Crippen molar-refractivity contribution >= 4 is 23.2 Å². The molecule has 0 saturated heterocycles. The Bertz CT molecular complexity index is 1170. The van der Waals surface area contributed by atoms with Crippen LogP contribution in [-0.2, 0) is 0 Å². The maximum atomic E-state index is 6.13. The summed E-state index contributed by atoms with van der Waals surface area (Å²) in [5, 5.41) is 3.98. The number of nitrogens with zero attached hydrogens (tertiary/aromatic N) is 4. The predicted octanol–water partition coefficient (Wildman–Crippen LogP) is 5.35. The largest absolute Gasteiger partial charge is 0.494 e. The number of anilines is 2. The lowest BCUT2D eigenvalue weighted by Crippen LogP contribution is -2.00. The van der Waals surface area contributed by atoms with E-state index in [1.54, 1.807) is 19.6 Å². The minimum atomic E-state index is 0.503. The SMILES string of the molecule is COc1cc(Nc2nccc(-c3ccc(Cl)c(C)c3)n2)ccc1-n1cnc(C)c1. The molecule has 0 unspecified atom stereocenters. The molecule has 29 heavy (non-hydrogen) atoms. The number of aryl methyl sites for hydroxylation is 2. The molecule has 7 heteroatoms. The maximum absolute atomic E-state index is 6.13. The van der Waals surface area contributed by atoms with E-state index in [1.807, 2.05) is 67.1 Å². The predicted molar refractivity (Wildman–Crippen MR) is 115 cm³/mol. The Hall–Kier alpha value is -3.38. The average Bonchev–Trinajstić information content (AvgIpc) is 3.16. The average molecular weight is 406 g/mol. The zero-order valence-electron chi connectivity index (χ0n) is 16.3. The zero-order valence-corrected chi connectivity index (χ0v) is 17.1. The number of rotatable bonds is 5. The van der Waals surface area contributed by atoms with E-state index in [1.165, 1.54) is 0 Å². The van der Waals surface area contributed by atoms with Crippen molar-refractivity contribution in [2.24, 2.45) is 0 Å². The molecule has 2 aromatic carbocycles. The normalized spacial score (nSPS) is 10.8. The van der Waals surface area contributed by atoms with E-state index in [0.29, 0.717) is 5.95 Å². The van der Waals surface area contributed by atoms with Crippen LogP contribution in [0, 0.1) is 13.8 Å². The fourth-order valence-electron chi connectivity index (χ4n) is 3.03. The highest BCUT2D eigenvalue weighted by atomic mass is 35.5. The van der Waals surface area contributed by atoms with Gasteiger partial charge in [-0.3, -0.25) is 0 Å². The molecule has 146 valence electrons. The summed E-state index contributed by atoms with van der Waals surface area (Å²) >= 11 is 6.13. The van der Waals surface area contributed by atoms with Gasteiger partial charge in [-0.2, -0.15) is 0 Å². The van der Waals surface area contributed by atoms with Gasteiger partial charge in [0.1, 0.15) is 5.75 Å². The standard InChI is InChI=1S/C22H20ClN5O/c1-14-10-16(4-6-18(14)23)19-8-9-24-22(27-19)26-17-5-7-20(21(11-17)29-3)28-12-15(2)25-13-28/h4-13H,1-3H3,(H,24,26,27). The van der Waals surface area contributed by atoms with Gasteiger partial charge in [0.05, 0.1) is 30.5 Å². The Morgan fingerprint density at radius 3 is 2.62 bits per heavy atom. The van der Waals surface area contributed by atoms with E-state index in [-0.39, 0.29) is 0 Å². The summed E-state index contributed by atoms with van der Waals surface area (Å²) in [6.07, 6.45) is 5.45. The van der Waals surface area contributed by atoms with Gasteiger partial charge >= 0.3 is 0 Å². The number of halogens is 1. The first-order valence-electron chi connectivity index (χ1n) is 9.09. The zero-order chi connectivity index (χ0) is 20.4. The summed E-state index contributed by atoms with van der Waals surface area (Å²) in [5.41, 5.74) is 5.49. The Balaban J connectivity index is 1.61. The van der Waals surface area contributed by atoms with Crippen molar-refractivity contribution in [2.75, 3.05) is 12.4 Å². The smallest absolute Gasteiger partial charge is 0.227 e. The van der Waals surface area contributed by atoms with Crippen molar-refractivity contribution in [3.05, 3.63) is 77.5 Å². The van der Waals surface area contributed by atoms with Gasteiger partial charge in [-0.1, -0.05) is 17.7 Å². The lowest BCUT2D eigenvalue weighted by atomic mass is 10.1. The second-order valence-corrected chi connectivity index (χ2v) is 7.07. The number of imidazole rings is 1. The molecule has 0 amide bonds. The molecular weight excluding hydrogens is 386 g/mol. The van der Waals surface area contributed by atoms with Crippen LogP contribution in [0.1, 0.15) is 11.3 Å². The van der Waals surface area contributed by atoms with Gasteiger partial charge in [0.15, 0.2) is 0 Å². The molecule has 0 fully saturated rings. The van der Waals surface area contributed by atoms with Crippen molar-refractivity contribution in [1.29, 1.82) is 0 Å². The maximum Gasteiger partial charge on any atom is 0.227 e. The molecule has 4 rings (SSSR count). The molecule has 0 radical (unpaired) electrons. The summed E-state index contributed by atoms with van der Waals surface area (Å²) < 4.78 is 7.49. The van der Waals surface area contributed by atoms with Crippen LogP contribution in [0.15, 0.2) is 61.2 Å². The van der Waals surface area contributed by atoms with E-state index in [4.69, 9.17) is 16.3 Å². The number of nitrogens with one attached hydrogen (secondary N) is 1. The molecule has 0 aliphatic rings. The van der Waals surface area contributed by atoms with Gasteiger partial charge in [-0.05, 0) is 49.7 Å². The first kappa shape index (κ1) is 19.0. The van der Waals surface area contributed by atoms with Crippen LogP contribution in [0.5, 0.6) is 5.75 Å². The van der Waals surface area contributed by atoms with E-state index in [0.717, 1.165) is 44.7 Å². The molecule has 2 aromatic heterocycles.